The Labute approximate surface area is 209 Å². The summed E-state index contributed by atoms with van der Waals surface area (Å²) in [5.41, 5.74) is 2.53. The van der Waals surface area contributed by atoms with Crippen LogP contribution in [-0.4, -0.2) is 64.5 Å². The number of fused-ring (bicyclic) bond motifs is 3. The van der Waals surface area contributed by atoms with Gasteiger partial charge < -0.3 is 14.4 Å². The first-order valence-corrected chi connectivity index (χ1v) is 12.3. The SMILES string of the molecule is CN(C)CCCOc1ccc(-c2cc3c(cc2F)ncc2c3n(C3(C)CCOCC3)c(=O)n2C)cn1. The molecule has 36 heavy (non-hydrogen) atoms. The van der Waals surface area contributed by atoms with E-state index in [0.29, 0.717) is 42.3 Å². The average Bonchev–Trinajstić information content (AvgIpc) is 3.13. The van der Waals surface area contributed by atoms with E-state index < -0.39 is 11.4 Å². The Morgan fingerprint density at radius 3 is 2.64 bits per heavy atom. The van der Waals surface area contributed by atoms with Gasteiger partial charge in [-0.15, -0.1) is 0 Å². The van der Waals surface area contributed by atoms with Crippen LogP contribution in [0.3, 0.4) is 0 Å². The Bertz CT molecular complexity index is 1450. The lowest BCUT2D eigenvalue weighted by molar-refractivity contribution is 0.0297. The fraction of sp³-hybridized carbons (Fsp3) is 0.444. The van der Waals surface area contributed by atoms with Crippen molar-refractivity contribution in [3.8, 4) is 17.0 Å². The highest BCUT2D eigenvalue weighted by Gasteiger charge is 2.34. The topological polar surface area (TPSA) is 74.4 Å². The van der Waals surface area contributed by atoms with E-state index in [1.165, 1.54) is 6.07 Å². The van der Waals surface area contributed by atoms with E-state index in [1.807, 2.05) is 24.7 Å². The Balaban J connectivity index is 1.58. The Kier molecular flexibility index (Phi) is 6.53. The zero-order valence-corrected chi connectivity index (χ0v) is 21.3. The molecule has 1 aromatic carbocycles. The summed E-state index contributed by atoms with van der Waals surface area (Å²) >= 11 is 0. The van der Waals surface area contributed by atoms with Crippen molar-refractivity contribution in [3.05, 3.63) is 53.0 Å². The summed E-state index contributed by atoms with van der Waals surface area (Å²) in [5.74, 6) is 0.116. The molecular formula is C27H32FN5O3. The maximum absolute atomic E-state index is 15.3. The third-order valence-corrected chi connectivity index (χ3v) is 7.13. The maximum atomic E-state index is 15.3. The number of nitrogens with zero attached hydrogens (tertiary/aromatic N) is 5. The number of benzene rings is 1. The van der Waals surface area contributed by atoms with Crippen molar-refractivity contribution >= 4 is 21.9 Å². The summed E-state index contributed by atoms with van der Waals surface area (Å²) in [6.45, 7) is 4.77. The quantitative estimate of drug-likeness (QED) is 0.363. The molecule has 0 aliphatic carbocycles. The third-order valence-electron chi connectivity index (χ3n) is 7.13. The highest BCUT2D eigenvalue weighted by molar-refractivity contribution is 6.04. The average molecular weight is 494 g/mol. The monoisotopic (exact) mass is 493 g/mol. The van der Waals surface area contributed by atoms with E-state index in [9.17, 15) is 4.79 Å². The summed E-state index contributed by atoms with van der Waals surface area (Å²) in [7, 11) is 5.79. The van der Waals surface area contributed by atoms with Crippen LogP contribution >= 0.6 is 0 Å². The van der Waals surface area contributed by atoms with Crippen molar-refractivity contribution in [2.75, 3.05) is 40.5 Å². The van der Waals surface area contributed by atoms with Crippen molar-refractivity contribution in [2.45, 2.75) is 31.7 Å². The highest BCUT2D eigenvalue weighted by atomic mass is 19.1. The minimum Gasteiger partial charge on any atom is -0.478 e. The molecule has 0 N–H and O–H groups in total. The van der Waals surface area contributed by atoms with Crippen molar-refractivity contribution in [3.63, 3.8) is 0 Å². The van der Waals surface area contributed by atoms with Crippen LogP contribution in [0.15, 0.2) is 41.5 Å². The molecule has 0 amide bonds. The van der Waals surface area contributed by atoms with E-state index in [4.69, 9.17) is 9.47 Å². The summed E-state index contributed by atoms with van der Waals surface area (Å²) in [6.07, 6.45) is 5.62. The smallest absolute Gasteiger partial charge is 0.329 e. The molecule has 1 fully saturated rings. The van der Waals surface area contributed by atoms with Crippen LogP contribution < -0.4 is 10.4 Å². The summed E-state index contributed by atoms with van der Waals surface area (Å²) in [6, 6.07) is 6.79. The second-order valence-corrected chi connectivity index (χ2v) is 10.0. The minimum absolute atomic E-state index is 0.105. The van der Waals surface area contributed by atoms with Crippen LogP contribution in [0.2, 0.25) is 0 Å². The number of halogens is 1. The van der Waals surface area contributed by atoms with Gasteiger partial charge in [-0.2, -0.15) is 0 Å². The van der Waals surface area contributed by atoms with E-state index in [0.717, 1.165) is 42.2 Å². The molecule has 1 aliphatic heterocycles. The third kappa shape index (κ3) is 4.37. The molecule has 4 aromatic rings. The molecule has 0 saturated carbocycles. The summed E-state index contributed by atoms with van der Waals surface area (Å²) < 4.78 is 30.0. The van der Waals surface area contributed by atoms with Crippen molar-refractivity contribution in [1.82, 2.24) is 24.0 Å². The number of imidazole rings is 1. The molecule has 190 valence electrons. The first kappa shape index (κ1) is 24.4. The lowest BCUT2D eigenvalue weighted by Crippen LogP contribution is -2.43. The summed E-state index contributed by atoms with van der Waals surface area (Å²) in [5, 5.41) is 0.735. The van der Waals surface area contributed by atoms with E-state index in [2.05, 4.69) is 21.8 Å². The molecule has 0 atom stereocenters. The van der Waals surface area contributed by atoms with Crippen molar-refractivity contribution in [1.29, 1.82) is 0 Å². The molecule has 0 radical (unpaired) electrons. The number of rotatable bonds is 7. The molecule has 9 heteroatoms. The summed E-state index contributed by atoms with van der Waals surface area (Å²) in [4.78, 5) is 24.4. The van der Waals surface area contributed by atoms with Gasteiger partial charge in [0.1, 0.15) is 5.82 Å². The number of aromatic nitrogens is 4. The largest absolute Gasteiger partial charge is 0.478 e. The van der Waals surface area contributed by atoms with Gasteiger partial charge in [0.15, 0.2) is 0 Å². The fourth-order valence-corrected chi connectivity index (χ4v) is 4.96. The Morgan fingerprint density at radius 2 is 1.94 bits per heavy atom. The second kappa shape index (κ2) is 9.63. The molecule has 1 aliphatic rings. The first-order chi connectivity index (χ1) is 17.3. The molecule has 5 rings (SSSR count). The lowest BCUT2D eigenvalue weighted by Gasteiger charge is -2.35. The van der Waals surface area contributed by atoms with Gasteiger partial charge in [-0.1, -0.05) is 0 Å². The molecule has 3 aromatic heterocycles. The van der Waals surface area contributed by atoms with Crippen molar-refractivity contribution < 1.29 is 13.9 Å². The van der Waals surface area contributed by atoms with Crippen molar-refractivity contribution in [2.24, 2.45) is 7.05 Å². The number of aryl methyl sites for hydroxylation is 1. The zero-order chi connectivity index (χ0) is 25.4. The van der Waals surface area contributed by atoms with Gasteiger partial charge in [-0.25, -0.2) is 14.2 Å². The molecule has 1 saturated heterocycles. The lowest BCUT2D eigenvalue weighted by atomic mass is 9.91. The number of hydrogen-bond donors (Lipinski definition) is 0. The van der Waals surface area contributed by atoms with E-state index >= 15 is 4.39 Å². The van der Waals surface area contributed by atoms with Crippen LogP contribution in [0.25, 0.3) is 33.1 Å². The van der Waals surface area contributed by atoms with Gasteiger partial charge in [-0.3, -0.25) is 14.1 Å². The van der Waals surface area contributed by atoms with E-state index in [1.54, 1.807) is 36.1 Å². The van der Waals surface area contributed by atoms with Crippen LogP contribution in [0.5, 0.6) is 5.88 Å². The predicted molar refractivity (Wildman–Crippen MR) is 138 cm³/mol. The Hall–Kier alpha value is -3.30. The predicted octanol–water partition coefficient (Wildman–Crippen LogP) is 3.95. The van der Waals surface area contributed by atoms with E-state index in [-0.39, 0.29) is 5.69 Å². The van der Waals surface area contributed by atoms with Crippen LogP contribution in [0.4, 0.5) is 4.39 Å². The fourth-order valence-electron chi connectivity index (χ4n) is 4.96. The number of ether oxygens (including phenoxy) is 2. The number of pyridine rings is 2. The molecule has 0 spiro atoms. The first-order valence-electron chi connectivity index (χ1n) is 12.3. The van der Waals surface area contributed by atoms with Crippen LogP contribution in [0, 0.1) is 5.82 Å². The van der Waals surface area contributed by atoms with Gasteiger partial charge in [0, 0.05) is 61.6 Å². The van der Waals surface area contributed by atoms with Gasteiger partial charge in [0.2, 0.25) is 5.88 Å². The van der Waals surface area contributed by atoms with Gasteiger partial charge in [0.05, 0.1) is 34.9 Å². The van der Waals surface area contributed by atoms with Gasteiger partial charge in [0.25, 0.3) is 0 Å². The zero-order valence-electron chi connectivity index (χ0n) is 21.3. The normalized spacial score (nSPS) is 15.7. The molecular weight excluding hydrogens is 461 g/mol. The molecule has 0 bridgehead atoms. The Morgan fingerprint density at radius 1 is 1.17 bits per heavy atom. The molecule has 0 unspecified atom stereocenters. The number of hydrogen-bond acceptors (Lipinski definition) is 6. The molecule has 4 heterocycles. The standard InChI is InChI=1S/C27H32FN5O3/c1-27(8-12-35-13-9-27)33-25-20-14-19(18-6-7-24(30-16-18)36-11-5-10-31(2)3)21(28)15-22(20)29-17-23(25)32(4)26(33)34/h6-7,14-17H,5,8-13H2,1-4H3. The highest BCUT2D eigenvalue weighted by Crippen LogP contribution is 2.35. The van der Waals surface area contributed by atoms with Gasteiger partial charge >= 0.3 is 5.69 Å². The molecule has 8 nitrogen and oxygen atoms in total. The van der Waals surface area contributed by atoms with Gasteiger partial charge in [-0.05, 0) is 52.4 Å². The minimum atomic E-state index is -0.398. The maximum Gasteiger partial charge on any atom is 0.329 e. The van der Waals surface area contributed by atoms with Crippen LogP contribution in [0.1, 0.15) is 26.2 Å². The second-order valence-electron chi connectivity index (χ2n) is 10.0. The van der Waals surface area contributed by atoms with Crippen LogP contribution in [-0.2, 0) is 17.3 Å².